The van der Waals surface area contributed by atoms with Crippen LogP contribution in [0.25, 0.3) is 0 Å². The van der Waals surface area contributed by atoms with Gasteiger partial charge in [0.1, 0.15) is 0 Å². The Morgan fingerprint density at radius 1 is 1.06 bits per heavy atom. The summed E-state index contributed by atoms with van der Waals surface area (Å²) in [6.45, 7) is 1.22. The van der Waals surface area contributed by atoms with Crippen molar-refractivity contribution < 1.29 is 9.53 Å². The number of benzene rings is 2. The van der Waals surface area contributed by atoms with E-state index in [1.165, 1.54) is 0 Å². The highest BCUT2D eigenvalue weighted by Crippen LogP contribution is 2.24. The molecule has 0 aliphatic carbocycles. The van der Waals surface area contributed by atoms with Crippen molar-refractivity contribution in [2.75, 3.05) is 0 Å². The second-order valence-electron chi connectivity index (χ2n) is 4.29. The van der Waals surface area contributed by atoms with Crippen LogP contribution in [0.3, 0.4) is 0 Å². The van der Waals surface area contributed by atoms with Gasteiger partial charge in [-0.1, -0.05) is 35.9 Å². The molecule has 3 heteroatoms. The SMILES string of the molecule is O=C(c1ccc2c(c1)COC2)c1ccccc1Cl. The van der Waals surface area contributed by atoms with Gasteiger partial charge in [-0.2, -0.15) is 0 Å². The highest BCUT2D eigenvalue weighted by molar-refractivity contribution is 6.34. The maximum Gasteiger partial charge on any atom is 0.194 e. The van der Waals surface area contributed by atoms with Gasteiger partial charge in [0.05, 0.1) is 18.2 Å². The largest absolute Gasteiger partial charge is 0.372 e. The van der Waals surface area contributed by atoms with Gasteiger partial charge in [0.25, 0.3) is 0 Å². The molecule has 18 heavy (non-hydrogen) atoms. The van der Waals surface area contributed by atoms with Gasteiger partial charge in [-0.05, 0) is 29.3 Å². The Labute approximate surface area is 110 Å². The van der Waals surface area contributed by atoms with Crippen molar-refractivity contribution in [2.24, 2.45) is 0 Å². The van der Waals surface area contributed by atoms with E-state index in [4.69, 9.17) is 16.3 Å². The lowest BCUT2D eigenvalue weighted by Crippen LogP contribution is -2.03. The number of carbonyl (C=O) groups excluding carboxylic acids is 1. The molecule has 2 aromatic rings. The molecule has 0 amide bonds. The first kappa shape index (κ1) is 11.5. The standard InChI is InChI=1S/C15H11ClO2/c16-14-4-2-1-3-13(14)15(17)10-5-6-11-8-18-9-12(11)7-10/h1-7H,8-9H2. The number of hydrogen-bond donors (Lipinski definition) is 0. The van der Waals surface area contributed by atoms with Crippen LogP contribution in [0.1, 0.15) is 27.0 Å². The quantitative estimate of drug-likeness (QED) is 0.770. The molecule has 0 spiro atoms. The van der Waals surface area contributed by atoms with Gasteiger partial charge < -0.3 is 4.74 Å². The Kier molecular flexibility index (Phi) is 2.90. The molecule has 3 rings (SSSR count). The van der Waals surface area contributed by atoms with Crippen LogP contribution in [0.4, 0.5) is 0 Å². The second-order valence-corrected chi connectivity index (χ2v) is 4.69. The van der Waals surface area contributed by atoms with Crippen molar-refractivity contribution in [2.45, 2.75) is 13.2 Å². The molecule has 0 saturated carbocycles. The molecule has 2 aromatic carbocycles. The Bertz CT molecular complexity index is 620. The van der Waals surface area contributed by atoms with E-state index in [9.17, 15) is 4.79 Å². The first-order valence-electron chi connectivity index (χ1n) is 5.74. The van der Waals surface area contributed by atoms with Crippen molar-refractivity contribution in [1.82, 2.24) is 0 Å². The van der Waals surface area contributed by atoms with Crippen LogP contribution in [-0.4, -0.2) is 5.78 Å². The van der Waals surface area contributed by atoms with Crippen LogP contribution in [0.5, 0.6) is 0 Å². The number of ketones is 1. The van der Waals surface area contributed by atoms with Gasteiger partial charge in [0.2, 0.25) is 0 Å². The van der Waals surface area contributed by atoms with Crippen LogP contribution >= 0.6 is 11.6 Å². The minimum Gasteiger partial charge on any atom is -0.372 e. The molecule has 1 heterocycles. The number of fused-ring (bicyclic) bond motifs is 1. The van der Waals surface area contributed by atoms with E-state index in [1.807, 2.05) is 30.3 Å². The number of rotatable bonds is 2. The molecule has 1 aliphatic heterocycles. The monoisotopic (exact) mass is 258 g/mol. The molecule has 0 fully saturated rings. The molecule has 2 nitrogen and oxygen atoms in total. The average molecular weight is 259 g/mol. The molecule has 0 saturated heterocycles. The summed E-state index contributed by atoms with van der Waals surface area (Å²) in [6, 6.07) is 12.8. The highest BCUT2D eigenvalue weighted by Gasteiger charge is 2.16. The van der Waals surface area contributed by atoms with Crippen LogP contribution in [-0.2, 0) is 18.0 Å². The van der Waals surface area contributed by atoms with E-state index in [-0.39, 0.29) is 5.78 Å². The van der Waals surface area contributed by atoms with Gasteiger partial charge in [0.15, 0.2) is 5.78 Å². The van der Waals surface area contributed by atoms with E-state index >= 15 is 0 Å². The minimum atomic E-state index is -0.0460. The van der Waals surface area contributed by atoms with Gasteiger partial charge in [-0.15, -0.1) is 0 Å². The number of hydrogen-bond acceptors (Lipinski definition) is 2. The zero-order valence-corrected chi connectivity index (χ0v) is 10.4. The minimum absolute atomic E-state index is 0.0460. The average Bonchev–Trinajstić information content (AvgIpc) is 2.85. The normalized spacial score (nSPS) is 13.4. The molecule has 0 aromatic heterocycles. The van der Waals surface area contributed by atoms with Gasteiger partial charge in [0, 0.05) is 11.1 Å². The number of halogens is 1. The Morgan fingerprint density at radius 3 is 2.67 bits per heavy atom. The third-order valence-corrected chi connectivity index (χ3v) is 3.43. The molecule has 90 valence electrons. The third-order valence-electron chi connectivity index (χ3n) is 3.10. The fraction of sp³-hybridized carbons (Fsp3) is 0.133. The number of carbonyl (C=O) groups is 1. The van der Waals surface area contributed by atoms with Crippen molar-refractivity contribution >= 4 is 17.4 Å². The van der Waals surface area contributed by atoms with Crippen molar-refractivity contribution in [3.05, 3.63) is 69.7 Å². The summed E-state index contributed by atoms with van der Waals surface area (Å²) >= 11 is 6.04. The molecular formula is C15H11ClO2. The van der Waals surface area contributed by atoms with Gasteiger partial charge >= 0.3 is 0 Å². The van der Waals surface area contributed by atoms with E-state index in [0.29, 0.717) is 29.4 Å². The predicted molar refractivity (Wildman–Crippen MR) is 69.8 cm³/mol. The summed E-state index contributed by atoms with van der Waals surface area (Å²) < 4.78 is 5.34. The topological polar surface area (TPSA) is 26.3 Å². The Hall–Kier alpha value is -1.64. The van der Waals surface area contributed by atoms with Crippen molar-refractivity contribution in [1.29, 1.82) is 0 Å². The molecular weight excluding hydrogens is 248 g/mol. The van der Waals surface area contributed by atoms with Crippen LogP contribution in [0.15, 0.2) is 42.5 Å². The van der Waals surface area contributed by atoms with Crippen LogP contribution in [0.2, 0.25) is 5.02 Å². The zero-order chi connectivity index (χ0) is 12.5. The molecule has 1 aliphatic rings. The van der Waals surface area contributed by atoms with E-state index in [0.717, 1.165) is 11.1 Å². The summed E-state index contributed by atoms with van der Waals surface area (Å²) in [6.07, 6.45) is 0. The number of ether oxygens (including phenoxy) is 1. The zero-order valence-electron chi connectivity index (χ0n) is 9.65. The first-order valence-corrected chi connectivity index (χ1v) is 6.12. The summed E-state index contributed by atoms with van der Waals surface area (Å²) in [5, 5.41) is 0.485. The van der Waals surface area contributed by atoms with Gasteiger partial charge in [-0.25, -0.2) is 0 Å². The van der Waals surface area contributed by atoms with Crippen LogP contribution in [0, 0.1) is 0 Å². The molecule has 0 N–H and O–H groups in total. The summed E-state index contributed by atoms with van der Waals surface area (Å²) in [7, 11) is 0. The molecule has 0 atom stereocenters. The smallest absolute Gasteiger partial charge is 0.194 e. The fourth-order valence-corrected chi connectivity index (χ4v) is 2.34. The first-order chi connectivity index (χ1) is 8.75. The second kappa shape index (κ2) is 4.56. The molecule has 0 unspecified atom stereocenters. The third kappa shape index (κ3) is 1.94. The summed E-state index contributed by atoms with van der Waals surface area (Å²) in [5.74, 6) is -0.0460. The predicted octanol–water partition coefficient (Wildman–Crippen LogP) is 3.60. The Morgan fingerprint density at radius 2 is 1.83 bits per heavy atom. The summed E-state index contributed by atoms with van der Waals surface area (Å²) in [4.78, 5) is 12.3. The lowest BCUT2D eigenvalue weighted by atomic mass is 9.99. The van der Waals surface area contributed by atoms with E-state index in [1.54, 1.807) is 12.1 Å². The fourth-order valence-electron chi connectivity index (χ4n) is 2.11. The molecule has 0 radical (unpaired) electrons. The van der Waals surface area contributed by atoms with Gasteiger partial charge in [-0.3, -0.25) is 4.79 Å². The van der Waals surface area contributed by atoms with Crippen LogP contribution < -0.4 is 0 Å². The highest BCUT2D eigenvalue weighted by atomic mass is 35.5. The summed E-state index contributed by atoms with van der Waals surface area (Å²) in [5.41, 5.74) is 3.45. The Balaban J connectivity index is 2.01. The maximum absolute atomic E-state index is 12.3. The van der Waals surface area contributed by atoms with Crippen molar-refractivity contribution in [3.8, 4) is 0 Å². The van der Waals surface area contributed by atoms with Crippen molar-refractivity contribution in [3.63, 3.8) is 0 Å². The lowest BCUT2D eigenvalue weighted by molar-refractivity contribution is 0.103. The maximum atomic E-state index is 12.3. The molecule has 0 bridgehead atoms. The van der Waals surface area contributed by atoms with E-state index < -0.39 is 0 Å². The van der Waals surface area contributed by atoms with E-state index in [2.05, 4.69) is 0 Å². The lowest BCUT2D eigenvalue weighted by Gasteiger charge is -2.05.